The van der Waals surface area contributed by atoms with Gasteiger partial charge in [0.05, 0.1) is 17.9 Å². The molecule has 1 unspecified atom stereocenters. The average molecular weight is 473 g/mol. The van der Waals surface area contributed by atoms with Crippen LogP contribution in [0.15, 0.2) is 90.8 Å². The largest absolute Gasteiger partial charge is 0.458 e. The first-order valence-electron chi connectivity index (χ1n) is 11.6. The number of anilines is 1. The second kappa shape index (κ2) is 12.4. The van der Waals surface area contributed by atoms with Crippen LogP contribution in [0.25, 0.3) is 0 Å². The number of nitrogens with two attached hydrogens (primary N) is 1. The monoisotopic (exact) mass is 472 g/mol. The van der Waals surface area contributed by atoms with Gasteiger partial charge in [-0.25, -0.2) is 4.98 Å². The van der Waals surface area contributed by atoms with E-state index < -0.39 is 5.91 Å². The van der Waals surface area contributed by atoms with E-state index in [1.54, 1.807) is 54.8 Å². The van der Waals surface area contributed by atoms with Gasteiger partial charge >= 0.3 is 0 Å². The van der Waals surface area contributed by atoms with E-state index in [2.05, 4.69) is 30.0 Å². The fraction of sp³-hybridized carbons (Fsp3) is 0.250. The highest BCUT2D eigenvalue weighted by Crippen LogP contribution is 2.30. The lowest BCUT2D eigenvalue weighted by atomic mass is 10.2. The van der Waals surface area contributed by atoms with Crippen molar-refractivity contribution in [2.75, 3.05) is 18.0 Å². The van der Waals surface area contributed by atoms with Gasteiger partial charge in [0.25, 0.3) is 5.91 Å². The Kier molecular flexibility index (Phi) is 9.01. The Morgan fingerprint density at radius 2 is 2.03 bits per heavy atom. The molecule has 1 amide bonds. The van der Waals surface area contributed by atoms with Gasteiger partial charge in [0.15, 0.2) is 0 Å². The normalized spacial score (nSPS) is 16.4. The molecule has 2 aromatic rings. The molecule has 7 heteroatoms. The van der Waals surface area contributed by atoms with E-state index >= 15 is 0 Å². The molecule has 1 aliphatic heterocycles. The van der Waals surface area contributed by atoms with E-state index in [1.165, 1.54) is 0 Å². The lowest BCUT2D eigenvalue weighted by Crippen LogP contribution is -2.22. The Morgan fingerprint density at radius 3 is 2.66 bits per heavy atom. The van der Waals surface area contributed by atoms with Crippen LogP contribution in [0.3, 0.4) is 0 Å². The molecule has 1 saturated heterocycles. The van der Waals surface area contributed by atoms with Gasteiger partial charge in [0.1, 0.15) is 22.8 Å². The summed E-state index contributed by atoms with van der Waals surface area (Å²) in [6.45, 7) is 13.0. The zero-order chi connectivity index (χ0) is 25.2. The number of aliphatic imine (C=N–C) groups is 1. The highest BCUT2D eigenvalue weighted by molar-refractivity contribution is 5.96. The second-order valence-corrected chi connectivity index (χ2v) is 7.94. The second-order valence-electron chi connectivity index (χ2n) is 7.94. The standard InChI is InChI=1S/C28H32N4O3/c1-5-9-10-23(8-4)34-24-11-13-25(14-12-24)35-28-26(27(29)33)17-22(18-30-28)32-16-15-21(19-32)31-20(6-2)7-3/h5-6,8-14,17-18,21H,1-2,7,15-16,19H2,3-4H3,(H2,29,33). The number of benzene rings is 1. The molecule has 1 aromatic heterocycles. The van der Waals surface area contributed by atoms with Crippen LogP contribution < -0.4 is 20.1 Å². The zero-order valence-electron chi connectivity index (χ0n) is 20.3. The molecule has 0 aliphatic carbocycles. The molecule has 7 nitrogen and oxygen atoms in total. The molecule has 35 heavy (non-hydrogen) atoms. The fourth-order valence-corrected chi connectivity index (χ4v) is 3.65. The Labute approximate surface area is 207 Å². The van der Waals surface area contributed by atoms with Crippen LogP contribution in [0, 0.1) is 0 Å². The predicted molar refractivity (Wildman–Crippen MR) is 142 cm³/mol. The summed E-state index contributed by atoms with van der Waals surface area (Å²) >= 11 is 0. The maximum atomic E-state index is 12.2. The molecule has 0 spiro atoms. The highest BCUT2D eigenvalue weighted by Gasteiger charge is 2.24. The third-order valence-electron chi connectivity index (χ3n) is 5.53. The van der Waals surface area contributed by atoms with E-state index in [4.69, 9.17) is 20.2 Å². The van der Waals surface area contributed by atoms with Crippen molar-refractivity contribution in [1.29, 1.82) is 0 Å². The summed E-state index contributed by atoms with van der Waals surface area (Å²) in [5, 5.41) is 0. The summed E-state index contributed by atoms with van der Waals surface area (Å²) in [4.78, 5) is 23.5. The minimum Gasteiger partial charge on any atom is -0.458 e. The number of allylic oxidation sites excluding steroid dienone is 5. The molecule has 1 atom stereocenters. The highest BCUT2D eigenvalue weighted by atomic mass is 16.5. The molecule has 2 N–H and O–H groups in total. The first-order valence-corrected chi connectivity index (χ1v) is 11.6. The van der Waals surface area contributed by atoms with Crippen LogP contribution in [-0.4, -0.2) is 35.7 Å². The lowest BCUT2D eigenvalue weighted by Gasteiger charge is -2.19. The van der Waals surface area contributed by atoms with E-state index in [-0.39, 0.29) is 17.5 Å². The summed E-state index contributed by atoms with van der Waals surface area (Å²) in [5.74, 6) is 1.40. The maximum Gasteiger partial charge on any atom is 0.254 e. The van der Waals surface area contributed by atoms with Crippen molar-refractivity contribution in [2.45, 2.75) is 32.7 Å². The van der Waals surface area contributed by atoms with Gasteiger partial charge in [-0.1, -0.05) is 32.2 Å². The molecule has 3 rings (SSSR count). The number of amides is 1. The summed E-state index contributed by atoms with van der Waals surface area (Å²) < 4.78 is 11.7. The number of hydrogen-bond donors (Lipinski definition) is 1. The first kappa shape index (κ1) is 25.5. The van der Waals surface area contributed by atoms with Gasteiger partial charge in [0.2, 0.25) is 5.88 Å². The lowest BCUT2D eigenvalue weighted by molar-refractivity contribution is 0.0997. The number of carbonyl (C=O) groups excluding carboxylic acids is 1. The van der Waals surface area contributed by atoms with E-state index in [0.29, 0.717) is 17.3 Å². The molecule has 1 fully saturated rings. The molecule has 0 radical (unpaired) electrons. The van der Waals surface area contributed by atoms with Crippen LogP contribution in [0.2, 0.25) is 0 Å². The summed E-state index contributed by atoms with van der Waals surface area (Å²) in [6.07, 6.45) is 12.4. The van der Waals surface area contributed by atoms with Gasteiger partial charge in [-0.2, -0.15) is 0 Å². The van der Waals surface area contributed by atoms with E-state index in [9.17, 15) is 4.79 Å². The van der Waals surface area contributed by atoms with E-state index in [0.717, 1.165) is 37.3 Å². The Bertz CT molecular complexity index is 1150. The third kappa shape index (κ3) is 6.93. The average Bonchev–Trinajstić information content (AvgIpc) is 3.34. The topological polar surface area (TPSA) is 90.0 Å². The smallest absolute Gasteiger partial charge is 0.254 e. The van der Waals surface area contributed by atoms with Crippen molar-refractivity contribution in [1.82, 2.24) is 4.98 Å². The predicted octanol–water partition coefficient (Wildman–Crippen LogP) is 5.61. The van der Waals surface area contributed by atoms with Crippen LogP contribution in [0.1, 0.15) is 37.0 Å². The summed E-state index contributed by atoms with van der Waals surface area (Å²) in [6, 6.07) is 8.96. The van der Waals surface area contributed by atoms with Crippen molar-refractivity contribution in [3.8, 4) is 17.4 Å². The Hall–Kier alpha value is -4.13. The minimum absolute atomic E-state index is 0.159. The van der Waals surface area contributed by atoms with Crippen molar-refractivity contribution in [3.63, 3.8) is 0 Å². The van der Waals surface area contributed by atoms with Crippen molar-refractivity contribution < 1.29 is 14.3 Å². The number of nitrogens with zero attached hydrogens (tertiary/aromatic N) is 3. The van der Waals surface area contributed by atoms with Crippen molar-refractivity contribution >= 4 is 17.3 Å². The minimum atomic E-state index is -0.602. The molecule has 182 valence electrons. The fourth-order valence-electron chi connectivity index (χ4n) is 3.65. The van der Waals surface area contributed by atoms with Crippen LogP contribution >= 0.6 is 0 Å². The van der Waals surface area contributed by atoms with Crippen LogP contribution in [0.5, 0.6) is 17.4 Å². The summed E-state index contributed by atoms with van der Waals surface area (Å²) in [5.41, 5.74) is 7.69. The number of aromatic nitrogens is 1. The number of hydrogen-bond acceptors (Lipinski definition) is 6. The Morgan fingerprint density at radius 1 is 1.29 bits per heavy atom. The number of primary amides is 1. The molecule has 1 aromatic carbocycles. The Balaban J connectivity index is 1.72. The SMILES string of the molecule is C=CC=CC(=CC)Oc1ccc(Oc2ncc(N3CCC(N=C(C=C)CC)C3)cc2C(N)=O)cc1. The third-order valence-corrected chi connectivity index (χ3v) is 5.53. The van der Waals surface area contributed by atoms with Gasteiger partial charge in [0, 0.05) is 18.8 Å². The molecule has 0 saturated carbocycles. The molecule has 2 heterocycles. The van der Waals surface area contributed by atoms with Gasteiger partial charge in [-0.3, -0.25) is 9.79 Å². The van der Waals surface area contributed by atoms with Gasteiger partial charge in [-0.05, 0) is 68.3 Å². The van der Waals surface area contributed by atoms with Crippen LogP contribution in [0.4, 0.5) is 5.69 Å². The van der Waals surface area contributed by atoms with Gasteiger partial charge < -0.3 is 20.1 Å². The molecular formula is C28H32N4O3. The van der Waals surface area contributed by atoms with Crippen molar-refractivity contribution in [3.05, 3.63) is 91.4 Å². The molecule has 0 bridgehead atoms. The van der Waals surface area contributed by atoms with Gasteiger partial charge in [-0.15, -0.1) is 0 Å². The summed E-state index contributed by atoms with van der Waals surface area (Å²) in [7, 11) is 0. The zero-order valence-corrected chi connectivity index (χ0v) is 20.3. The number of ether oxygens (including phenoxy) is 2. The molecular weight excluding hydrogens is 440 g/mol. The number of carbonyl (C=O) groups is 1. The van der Waals surface area contributed by atoms with E-state index in [1.807, 2.05) is 19.1 Å². The number of rotatable bonds is 11. The number of pyridine rings is 1. The first-order chi connectivity index (χ1) is 17.0. The van der Waals surface area contributed by atoms with Crippen molar-refractivity contribution in [2.24, 2.45) is 10.7 Å². The van der Waals surface area contributed by atoms with Crippen LogP contribution in [-0.2, 0) is 0 Å². The quantitative estimate of drug-likeness (QED) is 0.261. The maximum absolute atomic E-state index is 12.2. The molecule has 1 aliphatic rings.